The van der Waals surface area contributed by atoms with Gasteiger partial charge in [0.25, 0.3) is 10.0 Å². The maximum absolute atomic E-state index is 13.5. The number of aromatic nitrogens is 1. The maximum Gasteiger partial charge on any atom is 0.277 e. The molecular formula is C27H22FN3O4S. The molecule has 0 saturated carbocycles. The minimum absolute atomic E-state index is 0.157. The van der Waals surface area contributed by atoms with E-state index in [0.717, 1.165) is 16.8 Å². The summed E-state index contributed by atoms with van der Waals surface area (Å²) in [6.07, 6.45) is 3.31. The van der Waals surface area contributed by atoms with Gasteiger partial charge in [-0.05, 0) is 67.3 Å². The first-order chi connectivity index (χ1) is 17.3. The summed E-state index contributed by atoms with van der Waals surface area (Å²) in [6, 6.07) is 17.2. The number of nitriles is 1. The van der Waals surface area contributed by atoms with Gasteiger partial charge in [-0.1, -0.05) is 12.1 Å². The van der Waals surface area contributed by atoms with Gasteiger partial charge in [-0.3, -0.25) is 9.78 Å². The number of pyridine rings is 1. The van der Waals surface area contributed by atoms with Crippen molar-refractivity contribution in [3.63, 3.8) is 0 Å². The highest BCUT2D eigenvalue weighted by Gasteiger charge is 2.40. The average Bonchev–Trinajstić information content (AvgIpc) is 3.56. The van der Waals surface area contributed by atoms with Crippen molar-refractivity contribution in [2.75, 3.05) is 6.54 Å². The minimum Gasteiger partial charge on any atom is -0.443 e. The normalized spacial score (nSPS) is 16.3. The third-order valence-electron chi connectivity index (χ3n) is 6.39. The van der Waals surface area contributed by atoms with Crippen LogP contribution in [0.5, 0.6) is 0 Å². The molecule has 36 heavy (non-hydrogen) atoms. The van der Waals surface area contributed by atoms with Crippen molar-refractivity contribution in [3.8, 4) is 17.3 Å². The summed E-state index contributed by atoms with van der Waals surface area (Å²) < 4.78 is 46.8. The van der Waals surface area contributed by atoms with Crippen LogP contribution in [0.2, 0.25) is 0 Å². The van der Waals surface area contributed by atoms with Crippen LogP contribution in [0.15, 0.2) is 76.4 Å². The summed E-state index contributed by atoms with van der Waals surface area (Å²) >= 11 is 0. The molecule has 9 heteroatoms. The van der Waals surface area contributed by atoms with E-state index in [1.54, 1.807) is 18.3 Å². The van der Waals surface area contributed by atoms with E-state index in [0.29, 0.717) is 30.2 Å². The maximum atomic E-state index is 13.5. The van der Waals surface area contributed by atoms with Gasteiger partial charge in [0.05, 0.1) is 23.4 Å². The lowest BCUT2D eigenvalue weighted by Gasteiger charge is -2.21. The third-order valence-corrected chi connectivity index (χ3v) is 8.15. The topological polar surface area (TPSA) is 104 Å². The van der Waals surface area contributed by atoms with Crippen LogP contribution in [-0.2, 0) is 21.2 Å². The number of ketones is 1. The van der Waals surface area contributed by atoms with E-state index < -0.39 is 21.9 Å². The Bertz CT molecular complexity index is 1590. The molecule has 0 N–H and O–H groups in total. The van der Waals surface area contributed by atoms with E-state index in [9.17, 15) is 17.6 Å². The number of aryl methyl sites for hydroxylation is 1. The number of carbonyl (C=O) groups excluding carboxylic acids is 1. The largest absolute Gasteiger partial charge is 0.443 e. The van der Waals surface area contributed by atoms with Crippen molar-refractivity contribution in [3.05, 3.63) is 83.8 Å². The second kappa shape index (κ2) is 9.64. The van der Waals surface area contributed by atoms with Crippen LogP contribution in [0.3, 0.4) is 0 Å². The number of hydrogen-bond donors (Lipinski definition) is 0. The Morgan fingerprint density at radius 2 is 1.94 bits per heavy atom. The van der Waals surface area contributed by atoms with Crippen LogP contribution >= 0.6 is 0 Å². The fourth-order valence-corrected chi connectivity index (χ4v) is 6.15. The molecule has 1 fully saturated rings. The van der Waals surface area contributed by atoms with Gasteiger partial charge in [0.2, 0.25) is 5.09 Å². The number of Topliss-reactive ketones (excluding diaryl/α,β-unsaturated/α-hetero) is 1. The SMILES string of the molecule is N#Cc1ccc(-c2cc(CCC(=O)[C@@H]3CCCN3S(=O)(=O)c3cc4cc(F)ccc4o3)ccn2)cc1. The zero-order chi connectivity index (χ0) is 25.3. The summed E-state index contributed by atoms with van der Waals surface area (Å²) in [7, 11) is -4.05. The van der Waals surface area contributed by atoms with Crippen LogP contribution in [0.1, 0.15) is 30.4 Å². The lowest BCUT2D eigenvalue weighted by atomic mass is 10.0. The van der Waals surface area contributed by atoms with Crippen molar-refractivity contribution >= 4 is 26.8 Å². The molecule has 1 aliphatic heterocycles. The summed E-state index contributed by atoms with van der Waals surface area (Å²) in [4.78, 5) is 17.5. The van der Waals surface area contributed by atoms with Gasteiger partial charge in [-0.2, -0.15) is 9.57 Å². The number of benzene rings is 2. The third kappa shape index (κ3) is 4.65. The zero-order valence-electron chi connectivity index (χ0n) is 19.2. The monoisotopic (exact) mass is 503 g/mol. The average molecular weight is 504 g/mol. The number of fused-ring (bicyclic) bond motifs is 1. The van der Waals surface area contributed by atoms with Gasteiger partial charge in [0.1, 0.15) is 11.4 Å². The van der Waals surface area contributed by atoms with E-state index in [2.05, 4.69) is 11.1 Å². The number of nitrogens with zero attached hydrogens (tertiary/aromatic N) is 3. The highest BCUT2D eigenvalue weighted by Crippen LogP contribution is 2.31. The Balaban J connectivity index is 1.30. The van der Waals surface area contributed by atoms with Crippen molar-refractivity contribution in [2.24, 2.45) is 0 Å². The molecule has 0 bridgehead atoms. The molecule has 3 heterocycles. The standard InChI is InChI=1S/C27H22FN3O4S/c28-22-8-10-26-21(15-22)16-27(35-26)36(33,34)31-13-1-2-24(31)25(32)9-5-18-11-12-30-23(14-18)20-6-3-19(17-29)4-7-20/h3-4,6-8,10-12,14-16,24H,1-2,5,9,13H2/t24-/m0/s1. The van der Waals surface area contributed by atoms with E-state index in [-0.39, 0.29) is 29.4 Å². The number of hydrogen-bond acceptors (Lipinski definition) is 6. The number of carbonyl (C=O) groups is 1. The smallest absolute Gasteiger partial charge is 0.277 e. The van der Waals surface area contributed by atoms with Crippen LogP contribution in [0.4, 0.5) is 4.39 Å². The van der Waals surface area contributed by atoms with Gasteiger partial charge in [0.15, 0.2) is 5.78 Å². The Morgan fingerprint density at radius 3 is 2.72 bits per heavy atom. The zero-order valence-corrected chi connectivity index (χ0v) is 20.0. The molecule has 1 aliphatic rings. The lowest BCUT2D eigenvalue weighted by Crippen LogP contribution is -2.40. The predicted octanol–water partition coefficient (Wildman–Crippen LogP) is 4.86. The molecular weight excluding hydrogens is 481 g/mol. The van der Waals surface area contributed by atoms with Crippen molar-refractivity contribution < 1.29 is 22.0 Å². The van der Waals surface area contributed by atoms with Crippen molar-refractivity contribution in [1.29, 1.82) is 5.26 Å². The molecule has 182 valence electrons. The summed E-state index contributed by atoms with van der Waals surface area (Å²) in [5.41, 5.74) is 3.33. The highest BCUT2D eigenvalue weighted by atomic mass is 32.2. The van der Waals surface area contributed by atoms with Gasteiger partial charge < -0.3 is 4.42 Å². The molecule has 7 nitrogen and oxygen atoms in total. The van der Waals surface area contributed by atoms with E-state index in [1.165, 1.54) is 28.6 Å². The van der Waals surface area contributed by atoms with E-state index >= 15 is 0 Å². The number of sulfonamides is 1. The lowest BCUT2D eigenvalue weighted by molar-refractivity contribution is -0.122. The fourth-order valence-electron chi connectivity index (χ4n) is 4.52. The van der Waals surface area contributed by atoms with Crippen LogP contribution in [0, 0.1) is 17.1 Å². The van der Waals surface area contributed by atoms with Crippen molar-refractivity contribution in [2.45, 2.75) is 36.8 Å². The molecule has 2 aromatic heterocycles. The number of halogens is 1. The number of furan rings is 1. The molecule has 0 radical (unpaired) electrons. The Kier molecular flexibility index (Phi) is 6.39. The molecule has 0 aliphatic carbocycles. The Morgan fingerprint density at radius 1 is 1.14 bits per heavy atom. The second-order valence-electron chi connectivity index (χ2n) is 8.73. The van der Waals surface area contributed by atoms with Crippen LogP contribution < -0.4 is 0 Å². The van der Waals surface area contributed by atoms with E-state index in [1.807, 2.05) is 24.3 Å². The molecule has 2 aromatic carbocycles. The fraction of sp³-hybridized carbons (Fsp3) is 0.222. The van der Waals surface area contributed by atoms with Gasteiger partial charge >= 0.3 is 0 Å². The molecule has 0 unspecified atom stereocenters. The summed E-state index contributed by atoms with van der Waals surface area (Å²) in [5, 5.41) is 9.04. The van der Waals surface area contributed by atoms with E-state index in [4.69, 9.17) is 9.68 Å². The summed E-state index contributed by atoms with van der Waals surface area (Å²) in [5.74, 6) is -0.644. The first-order valence-corrected chi connectivity index (χ1v) is 13.0. The molecule has 0 spiro atoms. The van der Waals surface area contributed by atoms with Gasteiger partial charge in [-0.15, -0.1) is 0 Å². The van der Waals surface area contributed by atoms with Gasteiger partial charge in [0, 0.05) is 36.2 Å². The second-order valence-corrected chi connectivity index (χ2v) is 10.5. The van der Waals surface area contributed by atoms with Crippen LogP contribution in [-0.4, -0.2) is 36.1 Å². The van der Waals surface area contributed by atoms with Crippen molar-refractivity contribution in [1.82, 2.24) is 9.29 Å². The molecule has 4 aromatic rings. The first-order valence-electron chi connectivity index (χ1n) is 11.5. The quantitative estimate of drug-likeness (QED) is 0.357. The molecule has 5 rings (SSSR count). The van der Waals surface area contributed by atoms with Gasteiger partial charge in [-0.25, -0.2) is 12.8 Å². The molecule has 1 atom stereocenters. The molecule has 0 amide bonds. The highest BCUT2D eigenvalue weighted by molar-refractivity contribution is 7.89. The predicted molar refractivity (Wildman–Crippen MR) is 131 cm³/mol. The minimum atomic E-state index is -4.05. The van der Waals surface area contributed by atoms with Crippen LogP contribution in [0.25, 0.3) is 22.2 Å². The molecule has 1 saturated heterocycles. The summed E-state index contributed by atoms with van der Waals surface area (Å²) in [6.45, 7) is 0.224. The first kappa shape index (κ1) is 23.9. The number of rotatable bonds is 7. The Hall–Kier alpha value is -3.87. The Labute approximate surface area is 207 Å².